The molecule has 1 atom stereocenters. The normalized spacial score (nSPS) is 12.6. The van der Waals surface area contributed by atoms with E-state index in [9.17, 15) is 18.0 Å². The topological polar surface area (TPSA) is 67.3 Å². The molecule has 0 unspecified atom stereocenters. The van der Waals surface area contributed by atoms with Gasteiger partial charge >= 0.3 is 6.18 Å². The lowest BCUT2D eigenvalue weighted by Crippen LogP contribution is -2.24. The maximum absolute atomic E-state index is 13.4. The maximum Gasteiger partial charge on any atom is 0.416 e. The summed E-state index contributed by atoms with van der Waals surface area (Å²) in [7, 11) is 1.54. The Hall–Kier alpha value is -3.68. The molecule has 2 N–H and O–H groups in total. The van der Waals surface area contributed by atoms with E-state index in [1.54, 1.807) is 37.6 Å². The number of methoxy groups -OCH3 is 1. The van der Waals surface area contributed by atoms with Crippen molar-refractivity contribution in [1.29, 1.82) is 0 Å². The Balaban J connectivity index is 1.71. The molecule has 4 rings (SSSR count). The van der Waals surface area contributed by atoms with Crippen molar-refractivity contribution in [1.82, 2.24) is 10.3 Å². The number of rotatable bonds is 7. The number of nitrogens with one attached hydrogen (secondary N) is 2. The first-order chi connectivity index (χ1) is 15.3. The smallest absolute Gasteiger partial charge is 0.416 e. The van der Waals surface area contributed by atoms with Gasteiger partial charge in [0.25, 0.3) is 0 Å². The monoisotopic (exact) mass is 442 g/mol. The second-order valence-corrected chi connectivity index (χ2v) is 7.39. The molecule has 2 aromatic heterocycles. The molecule has 0 fully saturated rings. The number of amides is 1. The van der Waals surface area contributed by atoms with E-state index in [2.05, 4.69) is 10.3 Å². The van der Waals surface area contributed by atoms with Crippen molar-refractivity contribution in [3.05, 3.63) is 89.5 Å². The predicted octanol–water partition coefficient (Wildman–Crippen LogP) is 5.63. The molecule has 166 valence electrons. The second kappa shape index (κ2) is 8.82. The number of hydrogen-bond donors (Lipinski definition) is 2. The van der Waals surface area contributed by atoms with Crippen molar-refractivity contribution in [3.8, 4) is 5.75 Å². The molecule has 4 aromatic rings. The molecule has 0 spiro atoms. The number of aromatic amines is 1. The van der Waals surface area contributed by atoms with Gasteiger partial charge in [-0.3, -0.25) is 4.79 Å². The molecule has 0 aliphatic heterocycles. The molecule has 5 nitrogen and oxygen atoms in total. The number of hydrogen-bond acceptors (Lipinski definition) is 3. The van der Waals surface area contributed by atoms with Crippen molar-refractivity contribution in [2.24, 2.45) is 0 Å². The molecule has 1 amide bonds. The highest BCUT2D eigenvalue weighted by Crippen LogP contribution is 2.37. The minimum atomic E-state index is -4.48. The van der Waals surface area contributed by atoms with Crippen molar-refractivity contribution in [2.45, 2.75) is 25.1 Å². The second-order valence-electron chi connectivity index (χ2n) is 7.39. The molecule has 2 aromatic carbocycles. The highest BCUT2D eigenvalue weighted by molar-refractivity contribution is 5.87. The zero-order valence-corrected chi connectivity index (χ0v) is 17.2. The first kappa shape index (κ1) is 21.5. The average Bonchev–Trinajstić information content (AvgIpc) is 3.45. The zero-order chi connectivity index (χ0) is 22.7. The Labute approximate surface area is 182 Å². The molecular weight excluding hydrogens is 421 g/mol. The van der Waals surface area contributed by atoms with Crippen LogP contribution < -0.4 is 10.1 Å². The fraction of sp³-hybridized carbons (Fsp3) is 0.208. The van der Waals surface area contributed by atoms with Crippen molar-refractivity contribution >= 4 is 16.8 Å². The predicted molar refractivity (Wildman–Crippen MR) is 113 cm³/mol. The summed E-state index contributed by atoms with van der Waals surface area (Å²) in [5.74, 6) is 0.296. The summed E-state index contributed by atoms with van der Waals surface area (Å²) in [4.78, 5) is 15.9. The highest BCUT2D eigenvalue weighted by atomic mass is 19.4. The summed E-state index contributed by atoms with van der Waals surface area (Å²) < 4.78 is 50.6. The van der Waals surface area contributed by atoms with Gasteiger partial charge in [-0.05, 0) is 47.5 Å². The Morgan fingerprint density at radius 1 is 1.16 bits per heavy atom. The van der Waals surface area contributed by atoms with Gasteiger partial charge in [0.15, 0.2) is 0 Å². The van der Waals surface area contributed by atoms with Crippen molar-refractivity contribution in [2.75, 3.05) is 7.11 Å². The van der Waals surface area contributed by atoms with E-state index < -0.39 is 17.7 Å². The number of carbonyl (C=O) groups is 1. The fourth-order valence-corrected chi connectivity index (χ4v) is 3.73. The van der Waals surface area contributed by atoms with Crippen LogP contribution in [0.1, 0.15) is 34.8 Å². The quantitative estimate of drug-likeness (QED) is 0.390. The van der Waals surface area contributed by atoms with Gasteiger partial charge in [0.05, 0.1) is 25.5 Å². The standard InChI is InChI=1S/C24H21F3N2O3/c1-31-17-7-8-22-20(11-17)21(14-28-22)19(12-23(30)29-13-18-6-3-9-32-18)15-4-2-5-16(10-15)24(25,26)27/h2-11,14,19,28H,12-13H2,1H3,(H,29,30)/t19-/m0/s1. The van der Waals surface area contributed by atoms with Gasteiger partial charge in [0.1, 0.15) is 11.5 Å². The molecule has 2 heterocycles. The van der Waals surface area contributed by atoms with Gasteiger partial charge in [0.2, 0.25) is 5.91 Å². The molecule has 0 aliphatic carbocycles. The lowest BCUT2D eigenvalue weighted by atomic mass is 9.87. The van der Waals surface area contributed by atoms with Gasteiger partial charge in [-0.15, -0.1) is 0 Å². The van der Waals surface area contributed by atoms with Crippen LogP contribution in [0.2, 0.25) is 0 Å². The largest absolute Gasteiger partial charge is 0.497 e. The fourth-order valence-electron chi connectivity index (χ4n) is 3.73. The minimum absolute atomic E-state index is 0.0355. The summed E-state index contributed by atoms with van der Waals surface area (Å²) in [5, 5.41) is 3.56. The van der Waals surface area contributed by atoms with Crippen LogP contribution >= 0.6 is 0 Å². The molecule has 0 bridgehead atoms. The molecule has 0 saturated carbocycles. The van der Waals surface area contributed by atoms with Crippen LogP contribution in [0.5, 0.6) is 5.75 Å². The van der Waals surface area contributed by atoms with Crippen LogP contribution in [-0.4, -0.2) is 18.0 Å². The van der Waals surface area contributed by atoms with Crippen LogP contribution in [0, 0.1) is 0 Å². The SMILES string of the molecule is COc1ccc2[nH]cc([C@@H](CC(=O)NCc3ccco3)c3cccc(C(F)(F)F)c3)c2c1. The van der Waals surface area contributed by atoms with E-state index >= 15 is 0 Å². The van der Waals surface area contributed by atoms with Crippen molar-refractivity contribution in [3.63, 3.8) is 0 Å². The molecule has 8 heteroatoms. The molecule has 32 heavy (non-hydrogen) atoms. The number of benzene rings is 2. The Morgan fingerprint density at radius 3 is 2.72 bits per heavy atom. The van der Waals surface area contributed by atoms with E-state index in [1.807, 2.05) is 12.1 Å². The maximum atomic E-state index is 13.4. The molecule has 0 aliphatic rings. The first-order valence-electron chi connectivity index (χ1n) is 9.96. The van der Waals surface area contributed by atoms with E-state index in [0.717, 1.165) is 23.0 Å². The molecular formula is C24H21F3N2O3. The van der Waals surface area contributed by atoms with Crippen LogP contribution in [0.3, 0.4) is 0 Å². The number of alkyl halides is 3. The van der Waals surface area contributed by atoms with Crippen molar-refractivity contribution < 1.29 is 27.1 Å². The van der Waals surface area contributed by atoms with Gasteiger partial charge in [-0.1, -0.05) is 18.2 Å². The summed E-state index contributed by atoms with van der Waals surface area (Å²) in [6.45, 7) is 0.197. The third-order valence-corrected chi connectivity index (χ3v) is 5.34. The summed E-state index contributed by atoms with van der Waals surface area (Å²) in [5.41, 5.74) is 1.16. The number of H-pyrrole nitrogens is 1. The van der Waals surface area contributed by atoms with Gasteiger partial charge in [-0.2, -0.15) is 13.2 Å². The summed E-state index contributed by atoms with van der Waals surface area (Å²) in [6.07, 6.45) is -1.28. The summed E-state index contributed by atoms with van der Waals surface area (Å²) >= 11 is 0. The first-order valence-corrected chi connectivity index (χ1v) is 9.96. The Kier molecular flexibility index (Phi) is 5.94. The molecule has 0 radical (unpaired) electrons. The summed E-state index contributed by atoms with van der Waals surface area (Å²) in [6, 6.07) is 14.0. The van der Waals surface area contributed by atoms with Crippen LogP contribution in [-0.2, 0) is 17.5 Å². The lowest BCUT2D eigenvalue weighted by Gasteiger charge is -2.19. The average molecular weight is 442 g/mol. The minimum Gasteiger partial charge on any atom is -0.497 e. The van der Waals surface area contributed by atoms with Gasteiger partial charge in [-0.25, -0.2) is 0 Å². The number of carbonyl (C=O) groups excluding carboxylic acids is 1. The van der Waals surface area contributed by atoms with E-state index in [1.165, 1.54) is 12.3 Å². The van der Waals surface area contributed by atoms with Gasteiger partial charge in [0, 0.05) is 29.4 Å². The Morgan fingerprint density at radius 2 is 2.00 bits per heavy atom. The number of halogens is 3. The van der Waals surface area contributed by atoms with Crippen LogP contribution in [0.15, 0.2) is 71.5 Å². The third kappa shape index (κ3) is 4.64. The number of fused-ring (bicyclic) bond motifs is 1. The Bertz CT molecular complexity index is 1210. The number of ether oxygens (including phenoxy) is 1. The lowest BCUT2D eigenvalue weighted by molar-refractivity contribution is -0.137. The number of aromatic nitrogens is 1. The van der Waals surface area contributed by atoms with Crippen LogP contribution in [0.4, 0.5) is 13.2 Å². The van der Waals surface area contributed by atoms with Crippen LogP contribution in [0.25, 0.3) is 10.9 Å². The number of furan rings is 1. The highest BCUT2D eigenvalue weighted by Gasteiger charge is 2.32. The van der Waals surface area contributed by atoms with E-state index in [-0.39, 0.29) is 18.9 Å². The molecule has 0 saturated heterocycles. The van der Waals surface area contributed by atoms with E-state index in [4.69, 9.17) is 9.15 Å². The van der Waals surface area contributed by atoms with Gasteiger partial charge < -0.3 is 19.5 Å². The van der Waals surface area contributed by atoms with E-state index in [0.29, 0.717) is 22.6 Å². The zero-order valence-electron chi connectivity index (χ0n) is 17.2. The third-order valence-electron chi connectivity index (χ3n) is 5.34.